The number of aliphatic imine (C=N–C) groups is 1. The van der Waals surface area contributed by atoms with E-state index in [1.54, 1.807) is 19.2 Å². The number of sulfone groups is 1. The lowest BCUT2D eigenvalue weighted by atomic mass is 9.98. The maximum Gasteiger partial charge on any atom is 0.336 e. The molecule has 1 unspecified atom stereocenters. The molecule has 0 aliphatic carbocycles. The zero-order valence-corrected chi connectivity index (χ0v) is 18.6. The molecule has 1 atom stereocenters. The van der Waals surface area contributed by atoms with Crippen LogP contribution in [0.4, 0.5) is 5.69 Å². The van der Waals surface area contributed by atoms with Gasteiger partial charge in [0.05, 0.1) is 18.1 Å². The van der Waals surface area contributed by atoms with E-state index in [9.17, 15) is 28.4 Å². The van der Waals surface area contributed by atoms with Crippen LogP contribution in [-0.2, 0) is 20.4 Å². The third-order valence-corrected chi connectivity index (χ3v) is 6.49. The minimum absolute atomic E-state index is 0.183. The zero-order valence-electron chi connectivity index (χ0n) is 17.0. The molecule has 0 aromatic heterocycles. The van der Waals surface area contributed by atoms with Crippen molar-refractivity contribution in [3.8, 4) is 5.75 Å². The molecule has 168 valence electrons. The van der Waals surface area contributed by atoms with Gasteiger partial charge >= 0.3 is 5.97 Å². The van der Waals surface area contributed by atoms with E-state index >= 15 is 0 Å². The van der Waals surface area contributed by atoms with E-state index in [4.69, 9.17) is 4.74 Å². The van der Waals surface area contributed by atoms with Crippen LogP contribution in [0, 0.1) is 10.1 Å². The van der Waals surface area contributed by atoms with Crippen LogP contribution < -0.4 is 10.1 Å². The topological polar surface area (TPSA) is 148 Å². The normalized spacial score (nSPS) is 16.2. The van der Waals surface area contributed by atoms with Crippen LogP contribution in [0.15, 0.2) is 64.1 Å². The Hall–Kier alpha value is -3.38. The van der Waals surface area contributed by atoms with Crippen molar-refractivity contribution in [3.63, 3.8) is 0 Å². The number of carboxylic acid groups (broad SMARTS) is 1. The van der Waals surface area contributed by atoms with Crippen LogP contribution in [0.2, 0.25) is 0 Å². The minimum atomic E-state index is -4.00. The van der Waals surface area contributed by atoms with Crippen molar-refractivity contribution in [2.45, 2.75) is 11.8 Å². The average molecular weight is 478 g/mol. The Labute approximate surface area is 188 Å². The molecule has 0 fully saturated rings. The van der Waals surface area contributed by atoms with Gasteiger partial charge in [0.1, 0.15) is 11.3 Å². The van der Waals surface area contributed by atoms with Crippen molar-refractivity contribution in [2.24, 2.45) is 4.99 Å². The molecule has 32 heavy (non-hydrogen) atoms. The van der Waals surface area contributed by atoms with E-state index < -0.39 is 37.4 Å². The Morgan fingerprint density at radius 2 is 1.97 bits per heavy atom. The highest BCUT2D eigenvalue weighted by Crippen LogP contribution is 2.34. The highest BCUT2D eigenvalue weighted by molar-refractivity contribution is 8.13. The van der Waals surface area contributed by atoms with Crippen LogP contribution in [0.3, 0.4) is 0 Å². The molecule has 0 saturated heterocycles. The van der Waals surface area contributed by atoms with Gasteiger partial charge in [-0.15, -0.1) is 0 Å². The number of ether oxygens (including phenoxy) is 1. The number of nitrogens with one attached hydrogen (secondary N) is 1. The van der Waals surface area contributed by atoms with Crippen LogP contribution in [0.5, 0.6) is 5.75 Å². The first-order valence-electron chi connectivity index (χ1n) is 9.13. The smallest absolute Gasteiger partial charge is 0.336 e. The maximum atomic E-state index is 12.4. The van der Waals surface area contributed by atoms with Gasteiger partial charge in [0.2, 0.25) is 0 Å². The van der Waals surface area contributed by atoms with Gasteiger partial charge in [-0.25, -0.2) is 18.2 Å². The van der Waals surface area contributed by atoms with Crippen LogP contribution in [-0.4, -0.2) is 43.0 Å². The Balaban J connectivity index is 2.01. The Kier molecular flexibility index (Phi) is 6.84. The lowest BCUT2D eigenvalue weighted by Gasteiger charge is -2.27. The molecule has 12 heteroatoms. The largest absolute Gasteiger partial charge is 0.497 e. The standard InChI is InChI=1S/C20H19N3O7S2/c1-30-15-8-6-12(7-9-15)11-31-20-21-17(13-4-3-5-14(10-13)23(26)27)16(19(24)25)18(22-20)32(2,28)29/h3-10,17H,11H2,1-2H3,(H,21,22)(H,24,25). The SMILES string of the molecule is COc1ccc(CSC2=NC(S(C)(=O)=O)=C(C(=O)O)C(c3cccc([N+](=O)[O-])c3)N2)cc1. The van der Waals surface area contributed by atoms with Gasteiger partial charge in [-0.2, -0.15) is 0 Å². The van der Waals surface area contributed by atoms with Gasteiger partial charge in [0.25, 0.3) is 5.69 Å². The molecule has 1 aliphatic heterocycles. The number of hydrogen-bond donors (Lipinski definition) is 2. The quantitative estimate of drug-likeness (QED) is 0.453. The number of rotatable bonds is 7. The summed E-state index contributed by atoms with van der Waals surface area (Å²) in [6.45, 7) is 0. The third-order valence-electron chi connectivity index (χ3n) is 4.52. The maximum absolute atomic E-state index is 12.4. The first-order valence-corrected chi connectivity index (χ1v) is 12.0. The number of methoxy groups -OCH3 is 1. The second kappa shape index (κ2) is 9.40. The van der Waals surface area contributed by atoms with E-state index in [-0.39, 0.29) is 16.4 Å². The zero-order chi connectivity index (χ0) is 23.5. The van der Waals surface area contributed by atoms with Crippen molar-refractivity contribution in [2.75, 3.05) is 13.4 Å². The fraction of sp³-hybridized carbons (Fsp3) is 0.200. The summed E-state index contributed by atoms with van der Waals surface area (Å²) in [7, 11) is -2.45. The van der Waals surface area contributed by atoms with E-state index in [2.05, 4.69) is 10.3 Å². The third kappa shape index (κ3) is 5.26. The first-order chi connectivity index (χ1) is 15.1. The van der Waals surface area contributed by atoms with Crippen molar-refractivity contribution < 1.29 is 28.0 Å². The first kappa shape index (κ1) is 23.3. The molecule has 2 N–H and O–H groups in total. The summed E-state index contributed by atoms with van der Waals surface area (Å²) in [5, 5.41) is 23.4. The molecule has 0 saturated carbocycles. The highest BCUT2D eigenvalue weighted by Gasteiger charge is 2.35. The number of benzene rings is 2. The second-order valence-corrected chi connectivity index (χ2v) is 9.67. The highest BCUT2D eigenvalue weighted by atomic mass is 32.2. The van der Waals surface area contributed by atoms with Crippen molar-refractivity contribution in [1.82, 2.24) is 5.32 Å². The number of hydrogen-bond acceptors (Lipinski definition) is 9. The molecule has 0 spiro atoms. The molecular weight excluding hydrogens is 458 g/mol. The molecular formula is C20H19N3O7S2. The van der Waals surface area contributed by atoms with E-state index in [1.165, 1.54) is 36.0 Å². The molecule has 0 amide bonds. The number of carbonyl (C=O) groups is 1. The summed E-state index contributed by atoms with van der Waals surface area (Å²) in [5.41, 5.74) is 0.392. The Bertz CT molecular complexity index is 1220. The number of nitro groups is 1. The molecule has 2 aromatic rings. The van der Waals surface area contributed by atoms with Gasteiger partial charge in [-0.05, 0) is 23.3 Å². The lowest BCUT2D eigenvalue weighted by molar-refractivity contribution is -0.384. The Morgan fingerprint density at radius 3 is 2.53 bits per heavy atom. The monoisotopic (exact) mass is 477 g/mol. The molecule has 0 bridgehead atoms. The van der Waals surface area contributed by atoms with Gasteiger partial charge in [0.15, 0.2) is 20.0 Å². The van der Waals surface area contributed by atoms with E-state index in [0.29, 0.717) is 11.5 Å². The van der Waals surface area contributed by atoms with Gasteiger partial charge < -0.3 is 15.2 Å². The number of aliphatic carboxylic acids is 1. The molecule has 10 nitrogen and oxygen atoms in total. The Morgan fingerprint density at radius 1 is 1.28 bits per heavy atom. The summed E-state index contributed by atoms with van der Waals surface area (Å²) >= 11 is 1.18. The number of carboxylic acids is 1. The summed E-state index contributed by atoms with van der Waals surface area (Å²) in [4.78, 5) is 26.6. The van der Waals surface area contributed by atoms with Crippen LogP contribution in [0.1, 0.15) is 17.2 Å². The summed E-state index contributed by atoms with van der Waals surface area (Å²) in [5.74, 6) is -0.389. The van der Waals surface area contributed by atoms with Gasteiger partial charge in [0, 0.05) is 24.1 Å². The van der Waals surface area contributed by atoms with Crippen LogP contribution in [0.25, 0.3) is 0 Å². The predicted octanol–water partition coefficient (Wildman–Crippen LogP) is 2.88. The number of thioether (sulfide) groups is 1. The van der Waals surface area contributed by atoms with E-state index in [0.717, 1.165) is 11.8 Å². The molecule has 1 aliphatic rings. The number of non-ortho nitro benzene ring substituents is 1. The minimum Gasteiger partial charge on any atom is -0.497 e. The lowest BCUT2D eigenvalue weighted by Crippen LogP contribution is -2.35. The molecule has 1 heterocycles. The van der Waals surface area contributed by atoms with E-state index in [1.807, 2.05) is 12.1 Å². The fourth-order valence-corrected chi connectivity index (χ4v) is 4.79. The van der Waals surface area contributed by atoms with Gasteiger partial charge in [-0.1, -0.05) is 36.0 Å². The van der Waals surface area contributed by atoms with Crippen LogP contribution >= 0.6 is 11.8 Å². The number of nitro benzene ring substituents is 1. The van der Waals surface area contributed by atoms with Gasteiger partial charge in [-0.3, -0.25) is 10.1 Å². The van der Waals surface area contributed by atoms with Crippen molar-refractivity contribution in [3.05, 3.63) is 80.4 Å². The molecule has 3 rings (SSSR count). The fourth-order valence-electron chi connectivity index (χ4n) is 3.02. The van der Waals surface area contributed by atoms with Crippen molar-refractivity contribution in [1.29, 1.82) is 0 Å². The summed E-state index contributed by atoms with van der Waals surface area (Å²) in [6.07, 6.45) is 0.871. The number of nitrogens with zero attached hydrogens (tertiary/aromatic N) is 2. The molecule has 2 aromatic carbocycles. The summed E-state index contributed by atoms with van der Waals surface area (Å²) in [6, 6.07) is 11.5. The summed E-state index contributed by atoms with van der Waals surface area (Å²) < 4.78 is 29.8. The van der Waals surface area contributed by atoms with Crippen molar-refractivity contribution >= 4 is 38.4 Å². The number of amidine groups is 1. The molecule has 0 radical (unpaired) electrons. The predicted molar refractivity (Wildman–Crippen MR) is 120 cm³/mol. The second-order valence-electron chi connectivity index (χ2n) is 6.78. The average Bonchev–Trinajstić information content (AvgIpc) is 2.76.